The van der Waals surface area contributed by atoms with Gasteiger partial charge in [0.05, 0.1) is 18.5 Å². The molecule has 2 N–H and O–H groups in total. The molecule has 0 radical (unpaired) electrons. The molecule has 0 amide bonds. The fraction of sp³-hybridized carbons (Fsp3) is 0.917. The number of hydrogen-bond acceptors (Lipinski definition) is 4. The van der Waals surface area contributed by atoms with Crippen LogP contribution in [0.4, 0.5) is 0 Å². The molecule has 2 unspecified atom stereocenters. The summed E-state index contributed by atoms with van der Waals surface area (Å²) in [6, 6.07) is 0. The van der Waals surface area contributed by atoms with E-state index in [-0.39, 0.29) is 5.92 Å². The van der Waals surface area contributed by atoms with Crippen LogP contribution in [0.1, 0.15) is 25.7 Å². The van der Waals surface area contributed by atoms with Gasteiger partial charge in [0.1, 0.15) is 5.54 Å². The molecule has 4 nitrogen and oxygen atoms in total. The molecule has 1 saturated heterocycles. The minimum absolute atomic E-state index is 0.276. The van der Waals surface area contributed by atoms with Gasteiger partial charge in [-0.15, -0.1) is 0 Å². The number of ether oxygens (including phenoxy) is 1. The van der Waals surface area contributed by atoms with Crippen LogP contribution in [0.15, 0.2) is 0 Å². The Morgan fingerprint density at radius 2 is 2.35 bits per heavy atom. The third-order valence-electron chi connectivity index (χ3n) is 4.08. The van der Waals surface area contributed by atoms with E-state index >= 15 is 0 Å². The molecule has 0 aromatic rings. The standard InChI is InChI=1S/C12H21NO3S/c1-13-12(11(14)15)5-2-3-9(12)4-6-17-10-7-16-8-10/h9-10,13H,2-8H2,1H3,(H,14,15). The zero-order chi connectivity index (χ0) is 12.3. The van der Waals surface area contributed by atoms with E-state index in [0.717, 1.165) is 44.6 Å². The average Bonchev–Trinajstić information content (AvgIpc) is 2.66. The Balaban J connectivity index is 1.83. The summed E-state index contributed by atoms with van der Waals surface area (Å²) in [4.78, 5) is 11.4. The highest BCUT2D eigenvalue weighted by Crippen LogP contribution is 2.39. The first-order valence-corrected chi connectivity index (χ1v) is 7.35. The van der Waals surface area contributed by atoms with Crippen molar-refractivity contribution < 1.29 is 14.6 Å². The minimum Gasteiger partial charge on any atom is -0.480 e. The lowest BCUT2D eigenvalue weighted by molar-refractivity contribution is -0.146. The molecule has 0 spiro atoms. The highest BCUT2D eigenvalue weighted by molar-refractivity contribution is 8.00. The van der Waals surface area contributed by atoms with Crippen molar-refractivity contribution in [2.75, 3.05) is 26.0 Å². The van der Waals surface area contributed by atoms with E-state index in [1.807, 2.05) is 11.8 Å². The van der Waals surface area contributed by atoms with Crippen LogP contribution < -0.4 is 5.32 Å². The lowest BCUT2D eigenvalue weighted by atomic mass is 9.85. The molecular formula is C12H21NO3S. The smallest absolute Gasteiger partial charge is 0.324 e. The molecule has 17 heavy (non-hydrogen) atoms. The second kappa shape index (κ2) is 5.59. The van der Waals surface area contributed by atoms with Crippen LogP contribution in [0, 0.1) is 5.92 Å². The first kappa shape index (κ1) is 13.2. The lowest BCUT2D eigenvalue weighted by Crippen LogP contribution is -2.53. The number of thioether (sulfide) groups is 1. The van der Waals surface area contributed by atoms with Crippen molar-refractivity contribution in [1.82, 2.24) is 5.32 Å². The predicted molar refractivity (Wildman–Crippen MR) is 68.4 cm³/mol. The van der Waals surface area contributed by atoms with Gasteiger partial charge in [-0.2, -0.15) is 11.8 Å². The highest BCUT2D eigenvalue weighted by Gasteiger charge is 2.47. The normalized spacial score (nSPS) is 33.6. The van der Waals surface area contributed by atoms with Crippen molar-refractivity contribution in [2.45, 2.75) is 36.5 Å². The van der Waals surface area contributed by atoms with Crippen molar-refractivity contribution in [3.8, 4) is 0 Å². The van der Waals surface area contributed by atoms with Crippen molar-refractivity contribution >= 4 is 17.7 Å². The molecule has 98 valence electrons. The molecule has 2 aliphatic rings. The molecular weight excluding hydrogens is 238 g/mol. The Bertz CT molecular complexity index is 283. The van der Waals surface area contributed by atoms with Crippen molar-refractivity contribution in [3.63, 3.8) is 0 Å². The summed E-state index contributed by atoms with van der Waals surface area (Å²) in [6.07, 6.45) is 3.82. The van der Waals surface area contributed by atoms with Gasteiger partial charge in [0.15, 0.2) is 0 Å². The maximum atomic E-state index is 11.4. The Hall–Kier alpha value is -0.260. The second-order valence-corrected chi connectivity index (χ2v) is 6.34. The van der Waals surface area contributed by atoms with Gasteiger partial charge in [-0.3, -0.25) is 4.79 Å². The maximum absolute atomic E-state index is 11.4. The molecule has 0 aromatic heterocycles. The molecule has 0 bridgehead atoms. The first-order chi connectivity index (χ1) is 8.19. The second-order valence-electron chi connectivity index (χ2n) is 4.93. The van der Waals surface area contributed by atoms with Gasteiger partial charge in [0, 0.05) is 0 Å². The van der Waals surface area contributed by atoms with Crippen LogP contribution in [-0.2, 0) is 9.53 Å². The quantitative estimate of drug-likeness (QED) is 0.754. The molecule has 2 fully saturated rings. The summed E-state index contributed by atoms with van der Waals surface area (Å²) in [5.41, 5.74) is -0.670. The summed E-state index contributed by atoms with van der Waals surface area (Å²) >= 11 is 1.93. The summed E-state index contributed by atoms with van der Waals surface area (Å²) in [7, 11) is 1.78. The summed E-state index contributed by atoms with van der Waals surface area (Å²) in [5, 5.41) is 13.1. The van der Waals surface area contributed by atoms with Gasteiger partial charge in [0.25, 0.3) is 0 Å². The van der Waals surface area contributed by atoms with E-state index in [9.17, 15) is 9.90 Å². The van der Waals surface area contributed by atoms with Crippen molar-refractivity contribution in [2.24, 2.45) is 5.92 Å². The number of hydrogen-bond donors (Lipinski definition) is 2. The summed E-state index contributed by atoms with van der Waals surface area (Å²) in [5.74, 6) is 0.646. The van der Waals surface area contributed by atoms with Gasteiger partial charge >= 0.3 is 5.97 Å². The molecule has 0 aromatic carbocycles. The van der Waals surface area contributed by atoms with E-state index in [4.69, 9.17) is 4.74 Å². The van der Waals surface area contributed by atoms with E-state index in [1.165, 1.54) is 0 Å². The molecule has 1 aliphatic carbocycles. The molecule has 2 rings (SSSR count). The van der Waals surface area contributed by atoms with E-state index < -0.39 is 11.5 Å². The number of rotatable bonds is 6. The fourth-order valence-corrected chi connectivity index (χ4v) is 4.01. The zero-order valence-corrected chi connectivity index (χ0v) is 11.1. The van der Waals surface area contributed by atoms with E-state index in [0.29, 0.717) is 5.25 Å². The molecule has 1 saturated carbocycles. The topological polar surface area (TPSA) is 58.6 Å². The number of carbonyl (C=O) groups is 1. The van der Waals surface area contributed by atoms with Crippen LogP contribution in [0.3, 0.4) is 0 Å². The van der Waals surface area contributed by atoms with Gasteiger partial charge < -0.3 is 15.2 Å². The summed E-state index contributed by atoms with van der Waals surface area (Å²) < 4.78 is 5.13. The Morgan fingerprint density at radius 3 is 2.88 bits per heavy atom. The number of likely N-dealkylation sites (N-methyl/N-ethyl adjacent to an activating group) is 1. The zero-order valence-electron chi connectivity index (χ0n) is 10.3. The number of carboxylic acids is 1. The first-order valence-electron chi connectivity index (χ1n) is 6.30. The third kappa shape index (κ3) is 2.61. The Kier molecular flexibility index (Phi) is 4.33. The Morgan fingerprint density at radius 1 is 1.59 bits per heavy atom. The number of aliphatic carboxylic acids is 1. The summed E-state index contributed by atoms with van der Waals surface area (Å²) in [6.45, 7) is 1.73. The monoisotopic (exact) mass is 259 g/mol. The Labute approximate surface area is 106 Å². The molecule has 5 heteroatoms. The van der Waals surface area contributed by atoms with E-state index in [1.54, 1.807) is 7.05 Å². The minimum atomic E-state index is -0.681. The maximum Gasteiger partial charge on any atom is 0.324 e. The van der Waals surface area contributed by atoms with E-state index in [2.05, 4.69) is 5.32 Å². The van der Waals surface area contributed by atoms with Crippen molar-refractivity contribution in [1.29, 1.82) is 0 Å². The lowest BCUT2D eigenvalue weighted by Gasteiger charge is -2.32. The molecule has 1 aliphatic heterocycles. The van der Waals surface area contributed by atoms with Gasteiger partial charge in [0.2, 0.25) is 0 Å². The largest absolute Gasteiger partial charge is 0.480 e. The number of nitrogens with one attached hydrogen (secondary N) is 1. The number of carboxylic acid groups (broad SMARTS) is 1. The molecule has 1 heterocycles. The van der Waals surface area contributed by atoms with Crippen LogP contribution in [-0.4, -0.2) is 47.9 Å². The average molecular weight is 259 g/mol. The van der Waals surface area contributed by atoms with Crippen LogP contribution >= 0.6 is 11.8 Å². The fourth-order valence-electron chi connectivity index (χ4n) is 2.87. The van der Waals surface area contributed by atoms with Gasteiger partial charge in [-0.25, -0.2) is 0 Å². The third-order valence-corrected chi connectivity index (χ3v) is 5.29. The predicted octanol–water partition coefficient (Wildman–Crippen LogP) is 1.35. The van der Waals surface area contributed by atoms with Crippen molar-refractivity contribution in [3.05, 3.63) is 0 Å². The highest BCUT2D eigenvalue weighted by atomic mass is 32.2. The van der Waals surface area contributed by atoms with Crippen LogP contribution in [0.25, 0.3) is 0 Å². The van der Waals surface area contributed by atoms with Gasteiger partial charge in [-0.05, 0) is 38.0 Å². The molecule has 2 atom stereocenters. The van der Waals surface area contributed by atoms with Gasteiger partial charge in [-0.1, -0.05) is 6.42 Å². The van der Waals surface area contributed by atoms with Crippen LogP contribution in [0.5, 0.6) is 0 Å². The SMILES string of the molecule is CNC1(C(=O)O)CCCC1CCSC1COC1. The van der Waals surface area contributed by atoms with Crippen LogP contribution in [0.2, 0.25) is 0 Å².